The van der Waals surface area contributed by atoms with Crippen molar-refractivity contribution in [3.8, 4) is 0 Å². The first-order chi connectivity index (χ1) is 17.0. The van der Waals surface area contributed by atoms with Crippen LogP contribution in [0.1, 0.15) is 0 Å². The topological polar surface area (TPSA) is 91.6 Å². The molecule has 0 bridgehead atoms. The molecule has 0 atom stereocenters. The van der Waals surface area contributed by atoms with E-state index >= 15 is 0 Å². The van der Waals surface area contributed by atoms with E-state index in [0.717, 1.165) is 48.0 Å². The Labute approximate surface area is 209 Å². The summed E-state index contributed by atoms with van der Waals surface area (Å²) in [7, 11) is -3.73. The number of carboxylic acids is 1. The fourth-order valence-electron chi connectivity index (χ4n) is 4.01. The number of carboxylic acid groups (broad SMARTS) is 1. The van der Waals surface area contributed by atoms with E-state index in [1.165, 1.54) is 3.97 Å². The van der Waals surface area contributed by atoms with Crippen molar-refractivity contribution in [1.82, 2.24) is 9.29 Å². The van der Waals surface area contributed by atoms with Gasteiger partial charge in [-0.1, -0.05) is 41.9 Å². The molecule has 12 heteroatoms. The number of rotatable bonds is 3. The first kappa shape index (κ1) is 25.8. The van der Waals surface area contributed by atoms with Gasteiger partial charge in [0.05, 0.1) is 21.1 Å². The van der Waals surface area contributed by atoms with Crippen LogP contribution in [0.25, 0.3) is 21.7 Å². The standard InChI is InChI=1S/C22H20ClN3O2S.C2HF3O2/c23-20-7-8-21-19(22(20)25-13-10-24-11-14-25)9-12-26(21)29(27,28)18-6-5-16-3-1-2-4-17(16)15-18;3-2(4,5)1(6)7/h1-9,12,15,24H,10-11,13-14H2;(H,6,7). The summed E-state index contributed by atoms with van der Waals surface area (Å²) in [6, 6.07) is 18.4. The molecule has 4 aromatic rings. The van der Waals surface area contributed by atoms with E-state index in [9.17, 15) is 21.6 Å². The number of anilines is 1. The lowest BCUT2D eigenvalue weighted by molar-refractivity contribution is -0.192. The molecule has 7 nitrogen and oxygen atoms in total. The maximum Gasteiger partial charge on any atom is 0.490 e. The third-order valence-electron chi connectivity index (χ3n) is 5.71. The Kier molecular flexibility index (Phi) is 7.17. The predicted molar refractivity (Wildman–Crippen MR) is 132 cm³/mol. The van der Waals surface area contributed by atoms with Crippen LogP contribution in [0.2, 0.25) is 5.02 Å². The van der Waals surface area contributed by atoms with Crippen LogP contribution in [-0.2, 0) is 14.8 Å². The molecule has 1 saturated heterocycles. The minimum atomic E-state index is -5.08. The van der Waals surface area contributed by atoms with Crippen molar-refractivity contribution in [2.75, 3.05) is 31.1 Å². The zero-order valence-electron chi connectivity index (χ0n) is 18.7. The summed E-state index contributed by atoms with van der Waals surface area (Å²) in [5.41, 5.74) is 1.54. The summed E-state index contributed by atoms with van der Waals surface area (Å²) in [6.07, 6.45) is -3.46. The van der Waals surface area contributed by atoms with Crippen molar-refractivity contribution in [2.45, 2.75) is 11.1 Å². The molecule has 0 unspecified atom stereocenters. The smallest absolute Gasteiger partial charge is 0.475 e. The van der Waals surface area contributed by atoms with Crippen LogP contribution in [0.4, 0.5) is 18.9 Å². The molecule has 1 aromatic heterocycles. The number of aromatic nitrogens is 1. The molecule has 5 rings (SSSR count). The second-order valence-corrected chi connectivity index (χ2v) is 10.2. The Balaban J connectivity index is 0.000000384. The van der Waals surface area contributed by atoms with Crippen molar-refractivity contribution in [1.29, 1.82) is 0 Å². The predicted octanol–water partition coefficient (Wildman–Crippen LogP) is 4.73. The lowest BCUT2D eigenvalue weighted by Gasteiger charge is -2.30. The normalized spacial score (nSPS) is 14.5. The van der Waals surface area contributed by atoms with Crippen LogP contribution in [0.15, 0.2) is 71.8 Å². The van der Waals surface area contributed by atoms with Crippen molar-refractivity contribution < 1.29 is 31.5 Å². The van der Waals surface area contributed by atoms with Gasteiger partial charge in [0.2, 0.25) is 0 Å². The molecule has 1 fully saturated rings. The van der Waals surface area contributed by atoms with Gasteiger partial charge in [0.25, 0.3) is 10.0 Å². The first-order valence-electron chi connectivity index (χ1n) is 10.8. The number of nitrogens with one attached hydrogen (secondary N) is 1. The van der Waals surface area contributed by atoms with Gasteiger partial charge in [0, 0.05) is 37.8 Å². The van der Waals surface area contributed by atoms with E-state index < -0.39 is 22.2 Å². The van der Waals surface area contributed by atoms with Gasteiger partial charge in [0.1, 0.15) is 0 Å². The maximum atomic E-state index is 13.4. The Morgan fingerprint density at radius 2 is 1.61 bits per heavy atom. The van der Waals surface area contributed by atoms with Crippen molar-refractivity contribution in [2.24, 2.45) is 0 Å². The molecule has 3 aromatic carbocycles. The van der Waals surface area contributed by atoms with Gasteiger partial charge in [-0.15, -0.1) is 0 Å². The van der Waals surface area contributed by atoms with Crippen LogP contribution >= 0.6 is 11.6 Å². The van der Waals surface area contributed by atoms with Crippen molar-refractivity contribution in [3.05, 3.63) is 71.9 Å². The van der Waals surface area contributed by atoms with Crippen LogP contribution in [0.3, 0.4) is 0 Å². The molecular weight excluding hydrogens is 519 g/mol. The van der Waals surface area contributed by atoms with Gasteiger partial charge < -0.3 is 15.3 Å². The summed E-state index contributed by atoms with van der Waals surface area (Å²) in [6.45, 7) is 3.43. The number of benzene rings is 3. The third kappa shape index (κ3) is 5.13. The summed E-state index contributed by atoms with van der Waals surface area (Å²) >= 11 is 6.52. The Bertz CT molecular complexity index is 1530. The number of carbonyl (C=O) groups is 1. The van der Waals surface area contributed by atoms with Crippen LogP contribution in [-0.4, -0.2) is 55.8 Å². The SMILES string of the molecule is O=C(O)C(F)(F)F.O=S(=O)(c1ccc2ccccc2c1)n1ccc2c(N3CCNCC3)c(Cl)ccc21. The van der Waals surface area contributed by atoms with E-state index in [-0.39, 0.29) is 4.90 Å². The number of hydrogen-bond acceptors (Lipinski definition) is 5. The molecule has 0 spiro atoms. The highest BCUT2D eigenvalue weighted by Gasteiger charge is 2.38. The van der Waals surface area contributed by atoms with Gasteiger partial charge in [-0.05, 0) is 41.1 Å². The number of alkyl halides is 3. The van der Waals surface area contributed by atoms with Gasteiger partial charge >= 0.3 is 12.1 Å². The fraction of sp³-hybridized carbons (Fsp3) is 0.208. The highest BCUT2D eigenvalue weighted by molar-refractivity contribution is 7.90. The number of aliphatic carboxylic acids is 1. The number of hydrogen-bond donors (Lipinski definition) is 2. The fourth-order valence-corrected chi connectivity index (χ4v) is 5.68. The largest absolute Gasteiger partial charge is 0.490 e. The maximum absolute atomic E-state index is 13.4. The Morgan fingerprint density at radius 1 is 0.972 bits per heavy atom. The highest BCUT2D eigenvalue weighted by atomic mass is 35.5. The molecular formula is C24H21ClF3N3O4S. The van der Waals surface area contributed by atoms with Crippen LogP contribution in [0.5, 0.6) is 0 Å². The Morgan fingerprint density at radius 3 is 2.25 bits per heavy atom. The van der Waals surface area contributed by atoms with Crippen LogP contribution in [0, 0.1) is 0 Å². The second kappa shape index (κ2) is 10.00. The van der Waals surface area contributed by atoms with E-state index in [2.05, 4.69) is 10.2 Å². The van der Waals surface area contributed by atoms with Gasteiger partial charge in [-0.2, -0.15) is 13.2 Å². The zero-order valence-corrected chi connectivity index (χ0v) is 20.2. The van der Waals surface area contributed by atoms with Crippen molar-refractivity contribution in [3.63, 3.8) is 0 Å². The van der Waals surface area contributed by atoms with E-state index in [1.807, 2.05) is 36.4 Å². The summed E-state index contributed by atoms with van der Waals surface area (Å²) in [5.74, 6) is -2.76. The number of piperazine rings is 1. The molecule has 0 aliphatic carbocycles. The molecule has 36 heavy (non-hydrogen) atoms. The number of halogens is 4. The van der Waals surface area contributed by atoms with Gasteiger partial charge in [-0.3, -0.25) is 0 Å². The van der Waals surface area contributed by atoms with E-state index in [4.69, 9.17) is 21.5 Å². The molecule has 0 amide bonds. The summed E-state index contributed by atoms with van der Waals surface area (Å²) in [5, 5.41) is 13.9. The molecule has 0 radical (unpaired) electrons. The average Bonchev–Trinajstić information content (AvgIpc) is 3.29. The minimum absolute atomic E-state index is 0.271. The molecule has 190 valence electrons. The molecule has 1 aliphatic rings. The lowest BCUT2D eigenvalue weighted by Crippen LogP contribution is -2.43. The highest BCUT2D eigenvalue weighted by Crippen LogP contribution is 2.36. The first-order valence-corrected chi connectivity index (χ1v) is 12.6. The molecule has 0 saturated carbocycles. The van der Waals surface area contributed by atoms with Gasteiger partial charge in [0.15, 0.2) is 0 Å². The minimum Gasteiger partial charge on any atom is -0.475 e. The monoisotopic (exact) mass is 539 g/mol. The molecule has 2 heterocycles. The Hall–Kier alpha value is -3.28. The lowest BCUT2D eigenvalue weighted by atomic mass is 10.1. The van der Waals surface area contributed by atoms with E-state index in [0.29, 0.717) is 10.5 Å². The zero-order chi connectivity index (χ0) is 26.1. The summed E-state index contributed by atoms with van der Waals surface area (Å²) in [4.78, 5) is 11.4. The number of nitrogens with zero attached hydrogens (tertiary/aromatic N) is 2. The summed E-state index contributed by atoms with van der Waals surface area (Å²) < 4.78 is 60.0. The number of fused-ring (bicyclic) bond motifs is 2. The second-order valence-electron chi connectivity index (χ2n) is 7.99. The molecule has 2 N–H and O–H groups in total. The van der Waals surface area contributed by atoms with Crippen LogP contribution < -0.4 is 10.2 Å². The van der Waals surface area contributed by atoms with E-state index in [1.54, 1.807) is 30.5 Å². The molecule has 1 aliphatic heterocycles. The quantitative estimate of drug-likeness (QED) is 0.391. The third-order valence-corrected chi connectivity index (χ3v) is 7.70. The average molecular weight is 540 g/mol. The van der Waals surface area contributed by atoms with Crippen molar-refractivity contribution >= 4 is 55.0 Å². The van der Waals surface area contributed by atoms with Gasteiger partial charge in [-0.25, -0.2) is 17.2 Å².